The van der Waals surface area contributed by atoms with E-state index in [0.717, 1.165) is 11.1 Å². The molecule has 1 aliphatic carbocycles. The normalized spacial score (nSPS) is 33.8. The van der Waals surface area contributed by atoms with Crippen molar-refractivity contribution < 1.29 is 39.8 Å². The van der Waals surface area contributed by atoms with Gasteiger partial charge in [0.05, 0.1) is 30.3 Å². The molecule has 2 aliphatic rings. The van der Waals surface area contributed by atoms with Crippen LogP contribution in [0.4, 0.5) is 0 Å². The van der Waals surface area contributed by atoms with Crippen molar-refractivity contribution in [1.29, 1.82) is 0 Å². The van der Waals surface area contributed by atoms with E-state index in [0.29, 0.717) is 5.75 Å². The molecule has 0 amide bonds. The molecule has 6 atom stereocenters. The van der Waals surface area contributed by atoms with E-state index in [1.807, 2.05) is 0 Å². The highest BCUT2D eigenvalue weighted by molar-refractivity contribution is 5.89. The number of aliphatic hydroxyl groups excluding tert-OH is 3. The SMILES string of the molecule is O=C(O)c1cccc(-c2ccc(OC3OC4(O)C(CO)C(O)C(O)C34)cc2)c1. The number of carboxylic acid groups (broad SMARTS) is 1. The first-order valence-corrected chi connectivity index (χ1v) is 8.83. The summed E-state index contributed by atoms with van der Waals surface area (Å²) in [6.45, 7) is -0.526. The zero-order valence-corrected chi connectivity index (χ0v) is 14.7. The van der Waals surface area contributed by atoms with Crippen LogP contribution in [-0.4, -0.2) is 62.4 Å². The van der Waals surface area contributed by atoms with Crippen molar-refractivity contribution in [2.24, 2.45) is 11.8 Å². The van der Waals surface area contributed by atoms with Gasteiger partial charge < -0.3 is 35.0 Å². The smallest absolute Gasteiger partial charge is 0.335 e. The van der Waals surface area contributed by atoms with E-state index in [1.165, 1.54) is 6.07 Å². The monoisotopic (exact) mass is 388 g/mol. The first-order chi connectivity index (χ1) is 13.3. The predicted octanol–water partition coefficient (Wildman–Crippen LogP) is 0.436. The van der Waals surface area contributed by atoms with E-state index in [4.69, 9.17) is 14.6 Å². The molecule has 2 aromatic rings. The predicted molar refractivity (Wildman–Crippen MR) is 95.4 cm³/mol. The summed E-state index contributed by atoms with van der Waals surface area (Å²) in [5, 5.41) is 49.0. The molecule has 28 heavy (non-hydrogen) atoms. The highest BCUT2D eigenvalue weighted by Crippen LogP contribution is 2.52. The molecule has 8 nitrogen and oxygen atoms in total. The van der Waals surface area contributed by atoms with Crippen LogP contribution in [-0.2, 0) is 4.74 Å². The zero-order chi connectivity index (χ0) is 20.1. The zero-order valence-electron chi connectivity index (χ0n) is 14.7. The number of aliphatic hydroxyl groups is 4. The summed E-state index contributed by atoms with van der Waals surface area (Å²) in [6, 6.07) is 13.3. The Morgan fingerprint density at radius 2 is 1.79 bits per heavy atom. The van der Waals surface area contributed by atoms with Crippen molar-refractivity contribution in [3.05, 3.63) is 54.1 Å². The van der Waals surface area contributed by atoms with Crippen molar-refractivity contribution in [2.75, 3.05) is 6.61 Å². The summed E-state index contributed by atoms with van der Waals surface area (Å²) in [4.78, 5) is 11.1. The van der Waals surface area contributed by atoms with Gasteiger partial charge in [0.1, 0.15) is 11.7 Å². The van der Waals surface area contributed by atoms with Crippen LogP contribution < -0.4 is 4.74 Å². The fraction of sp³-hybridized carbons (Fsp3) is 0.350. The number of benzene rings is 2. The lowest BCUT2D eigenvalue weighted by atomic mass is 9.89. The number of ether oxygens (including phenoxy) is 2. The fourth-order valence-electron chi connectivity index (χ4n) is 3.92. The maximum atomic E-state index is 11.1. The summed E-state index contributed by atoms with van der Waals surface area (Å²) in [7, 11) is 0. The number of aromatic carboxylic acids is 1. The molecule has 4 rings (SSSR count). The third-order valence-corrected chi connectivity index (χ3v) is 5.48. The minimum Gasteiger partial charge on any atom is -0.478 e. The Bertz CT molecular complexity index is 882. The van der Waals surface area contributed by atoms with Crippen molar-refractivity contribution in [2.45, 2.75) is 24.3 Å². The van der Waals surface area contributed by atoms with E-state index in [9.17, 15) is 25.2 Å². The van der Waals surface area contributed by atoms with Crippen LogP contribution in [0.3, 0.4) is 0 Å². The Morgan fingerprint density at radius 1 is 1.07 bits per heavy atom. The Hall–Kier alpha value is -2.49. The van der Waals surface area contributed by atoms with Gasteiger partial charge >= 0.3 is 5.97 Å². The van der Waals surface area contributed by atoms with Gasteiger partial charge in [-0.15, -0.1) is 0 Å². The molecule has 1 heterocycles. The molecule has 1 saturated heterocycles. The first kappa shape index (κ1) is 18.9. The maximum absolute atomic E-state index is 11.1. The lowest BCUT2D eigenvalue weighted by molar-refractivity contribution is -0.422. The number of hydrogen-bond donors (Lipinski definition) is 5. The quantitative estimate of drug-likeness (QED) is 0.498. The maximum Gasteiger partial charge on any atom is 0.335 e. The molecule has 2 fully saturated rings. The van der Waals surface area contributed by atoms with Gasteiger partial charge in [0.25, 0.3) is 0 Å². The van der Waals surface area contributed by atoms with Crippen molar-refractivity contribution >= 4 is 5.97 Å². The van der Waals surface area contributed by atoms with Gasteiger partial charge in [-0.25, -0.2) is 4.79 Å². The van der Waals surface area contributed by atoms with Crippen LogP contribution in [0.15, 0.2) is 48.5 Å². The highest BCUT2D eigenvalue weighted by Gasteiger charge is 2.71. The molecule has 0 aromatic heterocycles. The lowest BCUT2D eigenvalue weighted by Crippen LogP contribution is -2.64. The van der Waals surface area contributed by atoms with Crippen LogP contribution >= 0.6 is 0 Å². The molecule has 2 aromatic carbocycles. The molecule has 1 aliphatic heterocycles. The molecule has 0 radical (unpaired) electrons. The van der Waals surface area contributed by atoms with Crippen molar-refractivity contribution in [3.8, 4) is 16.9 Å². The summed E-state index contributed by atoms with van der Waals surface area (Å²) < 4.78 is 11.0. The van der Waals surface area contributed by atoms with Crippen LogP contribution in [0.25, 0.3) is 11.1 Å². The highest BCUT2D eigenvalue weighted by atomic mass is 16.8. The summed E-state index contributed by atoms with van der Waals surface area (Å²) in [5.41, 5.74) is 1.71. The molecule has 5 N–H and O–H groups in total. The molecule has 148 valence electrons. The third kappa shape index (κ3) is 2.86. The lowest BCUT2D eigenvalue weighted by Gasteiger charge is -2.49. The molecular formula is C20H20O8. The number of rotatable bonds is 5. The van der Waals surface area contributed by atoms with E-state index >= 15 is 0 Å². The Labute approximate surface area is 160 Å². The van der Waals surface area contributed by atoms with Crippen LogP contribution in [0, 0.1) is 11.8 Å². The summed E-state index contributed by atoms with van der Waals surface area (Å²) >= 11 is 0. The summed E-state index contributed by atoms with van der Waals surface area (Å²) in [5.74, 6) is -4.30. The molecule has 1 saturated carbocycles. The van der Waals surface area contributed by atoms with Crippen LogP contribution in [0.1, 0.15) is 10.4 Å². The van der Waals surface area contributed by atoms with Gasteiger partial charge in [-0.05, 0) is 35.4 Å². The molecule has 0 spiro atoms. The average molecular weight is 388 g/mol. The Morgan fingerprint density at radius 3 is 2.43 bits per heavy atom. The standard InChI is InChI=1S/C20H20O8/c21-9-14-16(22)17(23)15-19(28-20(14,15)26)27-13-6-4-10(5-7-13)11-2-1-3-12(8-11)18(24)25/h1-8,14-17,19,21-23,26H,9H2,(H,24,25). The van der Waals surface area contributed by atoms with Gasteiger partial charge in [-0.2, -0.15) is 0 Å². The average Bonchev–Trinajstić information content (AvgIpc) is 2.82. The third-order valence-electron chi connectivity index (χ3n) is 5.48. The van der Waals surface area contributed by atoms with E-state index in [2.05, 4.69) is 0 Å². The number of hydrogen-bond acceptors (Lipinski definition) is 7. The van der Waals surface area contributed by atoms with Gasteiger partial charge in [0.15, 0.2) is 5.79 Å². The molecule has 0 bridgehead atoms. The number of carbonyl (C=O) groups is 1. The Kier molecular flexibility index (Phi) is 4.60. The van der Waals surface area contributed by atoms with Gasteiger partial charge in [0.2, 0.25) is 6.29 Å². The Balaban J connectivity index is 1.48. The van der Waals surface area contributed by atoms with Gasteiger partial charge in [-0.1, -0.05) is 24.3 Å². The van der Waals surface area contributed by atoms with E-state index in [1.54, 1.807) is 42.5 Å². The molecule has 8 heteroatoms. The van der Waals surface area contributed by atoms with Crippen molar-refractivity contribution in [3.63, 3.8) is 0 Å². The number of carboxylic acids is 1. The molecular weight excluding hydrogens is 368 g/mol. The minimum absolute atomic E-state index is 0.187. The second kappa shape index (κ2) is 6.84. The first-order valence-electron chi connectivity index (χ1n) is 8.83. The minimum atomic E-state index is -1.82. The van der Waals surface area contributed by atoms with Gasteiger partial charge in [0, 0.05) is 0 Å². The van der Waals surface area contributed by atoms with Crippen molar-refractivity contribution in [1.82, 2.24) is 0 Å². The fourth-order valence-corrected chi connectivity index (χ4v) is 3.92. The number of fused-ring (bicyclic) bond motifs is 1. The van der Waals surface area contributed by atoms with E-state index in [-0.39, 0.29) is 5.56 Å². The van der Waals surface area contributed by atoms with Gasteiger partial charge in [-0.3, -0.25) is 0 Å². The van der Waals surface area contributed by atoms with Crippen LogP contribution in [0.2, 0.25) is 0 Å². The molecule has 6 unspecified atom stereocenters. The van der Waals surface area contributed by atoms with E-state index < -0.39 is 48.7 Å². The largest absolute Gasteiger partial charge is 0.478 e. The van der Waals surface area contributed by atoms with Crippen LogP contribution in [0.5, 0.6) is 5.75 Å². The topological polar surface area (TPSA) is 137 Å². The second-order valence-electron chi connectivity index (χ2n) is 7.06. The second-order valence-corrected chi connectivity index (χ2v) is 7.06. The summed E-state index contributed by atoms with van der Waals surface area (Å²) in [6.07, 6.45) is -3.55.